The summed E-state index contributed by atoms with van der Waals surface area (Å²) in [5.41, 5.74) is 4.77. The molecule has 1 aliphatic heterocycles. The predicted octanol–water partition coefficient (Wildman–Crippen LogP) is 3.27. The van der Waals surface area contributed by atoms with Crippen LogP contribution in [0.2, 0.25) is 0 Å². The Bertz CT molecular complexity index is 824. The van der Waals surface area contributed by atoms with Gasteiger partial charge in [-0.2, -0.15) is 5.10 Å². The van der Waals surface area contributed by atoms with Crippen molar-refractivity contribution in [3.05, 3.63) is 29.8 Å². The van der Waals surface area contributed by atoms with E-state index in [0.29, 0.717) is 0 Å². The Morgan fingerprint density at radius 2 is 1.77 bits per heavy atom. The van der Waals surface area contributed by atoms with Crippen LogP contribution in [0.25, 0.3) is 11.1 Å². The molecule has 2 fully saturated rings. The lowest BCUT2D eigenvalue weighted by Gasteiger charge is -2.32. The molecule has 5 nitrogen and oxygen atoms in total. The molecule has 26 heavy (non-hydrogen) atoms. The Balaban J connectivity index is 1.66. The molecular formula is C20H28BN3O2. The highest BCUT2D eigenvalue weighted by atomic mass is 16.7. The molecule has 2 aliphatic rings. The third-order valence-electron chi connectivity index (χ3n) is 6.08. The predicted molar refractivity (Wildman–Crippen MR) is 103 cm³/mol. The van der Waals surface area contributed by atoms with Crippen molar-refractivity contribution in [1.29, 1.82) is 0 Å². The second-order valence-electron chi connectivity index (χ2n) is 8.77. The molecule has 0 bridgehead atoms. The van der Waals surface area contributed by atoms with E-state index >= 15 is 0 Å². The van der Waals surface area contributed by atoms with Crippen LogP contribution < -0.4 is 5.46 Å². The van der Waals surface area contributed by atoms with Crippen LogP contribution >= 0.6 is 0 Å². The third kappa shape index (κ3) is 2.99. The molecule has 2 aromatic rings. The zero-order chi connectivity index (χ0) is 18.7. The first-order chi connectivity index (χ1) is 12.2. The van der Waals surface area contributed by atoms with Gasteiger partial charge >= 0.3 is 7.12 Å². The topological polar surface area (TPSA) is 49.2 Å². The number of aryl methyl sites for hydroxylation is 1. The van der Waals surface area contributed by atoms with Gasteiger partial charge in [0.2, 0.25) is 0 Å². The Hall–Kier alpha value is -1.66. The van der Waals surface area contributed by atoms with Gasteiger partial charge in [0.15, 0.2) is 0 Å². The lowest BCUT2D eigenvalue weighted by atomic mass is 9.79. The van der Waals surface area contributed by atoms with E-state index in [2.05, 4.69) is 57.3 Å². The molecular weight excluding hydrogens is 325 g/mol. The van der Waals surface area contributed by atoms with E-state index in [1.807, 2.05) is 12.4 Å². The fourth-order valence-corrected chi connectivity index (χ4v) is 3.54. The molecule has 1 aliphatic carbocycles. The van der Waals surface area contributed by atoms with E-state index in [0.717, 1.165) is 29.2 Å². The molecule has 4 rings (SSSR count). The number of nitrogens with zero attached hydrogens (tertiary/aromatic N) is 3. The molecule has 138 valence electrons. The van der Waals surface area contributed by atoms with Crippen molar-refractivity contribution in [2.24, 2.45) is 5.92 Å². The van der Waals surface area contributed by atoms with E-state index in [-0.39, 0.29) is 11.2 Å². The zero-order valence-corrected chi connectivity index (χ0v) is 16.7. The van der Waals surface area contributed by atoms with E-state index in [1.165, 1.54) is 24.1 Å². The summed E-state index contributed by atoms with van der Waals surface area (Å²) in [7, 11) is -0.394. The monoisotopic (exact) mass is 353 g/mol. The number of pyridine rings is 1. The van der Waals surface area contributed by atoms with Gasteiger partial charge < -0.3 is 9.31 Å². The maximum Gasteiger partial charge on any atom is 0.496 e. The summed E-state index contributed by atoms with van der Waals surface area (Å²) >= 11 is 0. The lowest BCUT2D eigenvalue weighted by molar-refractivity contribution is 0.00578. The molecule has 0 aromatic carbocycles. The van der Waals surface area contributed by atoms with Crippen LogP contribution in [-0.4, -0.2) is 33.1 Å². The van der Waals surface area contributed by atoms with Crippen molar-refractivity contribution in [2.75, 3.05) is 0 Å². The largest absolute Gasteiger partial charge is 0.496 e. The van der Waals surface area contributed by atoms with Gasteiger partial charge in [-0.15, -0.1) is 0 Å². The Morgan fingerprint density at radius 3 is 2.38 bits per heavy atom. The molecule has 1 saturated carbocycles. The SMILES string of the molecule is Cc1nn(CC2CC2)c(C)c1-c1cncc(B2OC(C)(C)C(C)(C)O2)c1. The second-order valence-corrected chi connectivity index (χ2v) is 8.77. The lowest BCUT2D eigenvalue weighted by Crippen LogP contribution is -2.41. The van der Waals surface area contributed by atoms with Gasteiger partial charge in [-0.05, 0) is 60.3 Å². The maximum absolute atomic E-state index is 6.18. The molecule has 0 N–H and O–H groups in total. The highest BCUT2D eigenvalue weighted by Gasteiger charge is 2.51. The molecule has 6 heteroatoms. The average Bonchev–Trinajstić information content (AvgIpc) is 3.28. The molecule has 0 atom stereocenters. The molecule has 3 heterocycles. The summed E-state index contributed by atoms with van der Waals surface area (Å²) in [6.07, 6.45) is 6.40. The van der Waals surface area contributed by atoms with Crippen molar-refractivity contribution >= 4 is 12.6 Å². The van der Waals surface area contributed by atoms with Crippen molar-refractivity contribution in [3.8, 4) is 11.1 Å². The fraction of sp³-hybridized carbons (Fsp3) is 0.600. The van der Waals surface area contributed by atoms with Gasteiger partial charge in [0.05, 0.1) is 16.9 Å². The Morgan fingerprint density at radius 1 is 1.12 bits per heavy atom. The molecule has 0 unspecified atom stereocenters. The first-order valence-electron chi connectivity index (χ1n) is 9.53. The van der Waals surface area contributed by atoms with Crippen molar-refractivity contribution in [1.82, 2.24) is 14.8 Å². The standard InChI is InChI=1S/C20H28BN3O2/c1-13-18(14(2)24(23-13)12-15-7-8-15)16-9-17(11-22-10-16)21-25-19(3,4)20(5,6)26-21/h9-11,15H,7-8,12H2,1-6H3. The zero-order valence-electron chi connectivity index (χ0n) is 16.7. The van der Waals surface area contributed by atoms with Crippen molar-refractivity contribution < 1.29 is 9.31 Å². The Kier molecular flexibility index (Phi) is 4.05. The van der Waals surface area contributed by atoms with Gasteiger partial charge in [-0.3, -0.25) is 9.67 Å². The Labute approximate surface area is 156 Å². The van der Waals surface area contributed by atoms with Gasteiger partial charge in [-0.25, -0.2) is 0 Å². The van der Waals surface area contributed by atoms with Crippen molar-refractivity contribution in [2.45, 2.75) is 72.1 Å². The number of hydrogen-bond donors (Lipinski definition) is 0. The van der Waals surface area contributed by atoms with E-state index in [4.69, 9.17) is 14.4 Å². The van der Waals surface area contributed by atoms with Gasteiger partial charge in [0, 0.05) is 41.2 Å². The highest BCUT2D eigenvalue weighted by molar-refractivity contribution is 6.62. The van der Waals surface area contributed by atoms with Crippen molar-refractivity contribution in [3.63, 3.8) is 0 Å². The van der Waals surface area contributed by atoms with E-state index in [1.54, 1.807) is 0 Å². The minimum absolute atomic E-state index is 0.353. The molecule has 0 amide bonds. The van der Waals surface area contributed by atoms with Crippen LogP contribution in [0.4, 0.5) is 0 Å². The van der Waals surface area contributed by atoms with Gasteiger partial charge in [0.25, 0.3) is 0 Å². The average molecular weight is 353 g/mol. The van der Waals surface area contributed by atoms with Crippen LogP contribution in [0.5, 0.6) is 0 Å². The normalized spacial score (nSPS) is 21.4. The quantitative estimate of drug-likeness (QED) is 0.792. The summed E-state index contributed by atoms with van der Waals surface area (Å²) < 4.78 is 14.5. The van der Waals surface area contributed by atoms with E-state index in [9.17, 15) is 0 Å². The second kappa shape index (κ2) is 5.93. The smallest absolute Gasteiger partial charge is 0.399 e. The van der Waals surface area contributed by atoms with E-state index < -0.39 is 7.12 Å². The van der Waals surface area contributed by atoms with Gasteiger partial charge in [-0.1, -0.05) is 6.07 Å². The summed E-state index contributed by atoms with van der Waals surface area (Å²) in [4.78, 5) is 4.47. The first kappa shape index (κ1) is 17.7. The minimum Gasteiger partial charge on any atom is -0.399 e. The first-order valence-corrected chi connectivity index (χ1v) is 9.53. The summed E-state index contributed by atoms with van der Waals surface area (Å²) in [5.74, 6) is 0.801. The molecule has 0 spiro atoms. The van der Waals surface area contributed by atoms with Crippen LogP contribution in [0, 0.1) is 19.8 Å². The maximum atomic E-state index is 6.18. The van der Waals surface area contributed by atoms with Crippen LogP contribution in [0.1, 0.15) is 51.9 Å². The summed E-state index contributed by atoms with van der Waals surface area (Å²) in [6.45, 7) is 13.5. The summed E-state index contributed by atoms with van der Waals surface area (Å²) in [6, 6.07) is 2.13. The molecule has 0 radical (unpaired) electrons. The number of aromatic nitrogens is 3. The fourth-order valence-electron chi connectivity index (χ4n) is 3.54. The number of rotatable bonds is 4. The highest BCUT2D eigenvalue weighted by Crippen LogP contribution is 2.37. The molecule has 2 aromatic heterocycles. The van der Waals surface area contributed by atoms with Crippen LogP contribution in [0.15, 0.2) is 18.5 Å². The summed E-state index contributed by atoms with van der Waals surface area (Å²) in [5, 5.41) is 4.77. The minimum atomic E-state index is -0.394. The molecule has 1 saturated heterocycles. The number of hydrogen-bond acceptors (Lipinski definition) is 4. The van der Waals surface area contributed by atoms with Crippen LogP contribution in [0.3, 0.4) is 0 Å². The third-order valence-corrected chi connectivity index (χ3v) is 6.08. The van der Waals surface area contributed by atoms with Crippen LogP contribution in [-0.2, 0) is 15.9 Å². The van der Waals surface area contributed by atoms with Gasteiger partial charge in [0.1, 0.15) is 0 Å².